The molecule has 0 bridgehead atoms. The van der Waals surface area contributed by atoms with Gasteiger partial charge in [0.05, 0.1) is 6.04 Å². The Bertz CT molecular complexity index is 130. The lowest BCUT2D eigenvalue weighted by molar-refractivity contribution is 0.0705. The van der Waals surface area contributed by atoms with Gasteiger partial charge in [-0.15, -0.1) is 0 Å². The smallest absolute Gasteiger partial charge is 0.253 e. The van der Waals surface area contributed by atoms with Gasteiger partial charge in [-0.3, -0.25) is 0 Å². The number of nitrogens with one attached hydrogen (secondary N) is 1. The van der Waals surface area contributed by atoms with E-state index in [2.05, 4.69) is 5.32 Å². The zero-order valence-corrected chi connectivity index (χ0v) is 6.97. The molecule has 0 aromatic rings. The largest absolute Gasteiger partial charge is 0.396 e. The SMILES string of the molecule is OCCC1CCCC(C(F)F)N1. The van der Waals surface area contributed by atoms with Gasteiger partial charge >= 0.3 is 0 Å². The van der Waals surface area contributed by atoms with Crippen LogP contribution in [0.5, 0.6) is 0 Å². The standard InChI is InChI=1S/C8H15F2NO/c9-8(10)7-3-1-2-6(11-7)4-5-12/h6-8,11-12H,1-5H2. The summed E-state index contributed by atoms with van der Waals surface area (Å²) in [5.74, 6) is 0. The van der Waals surface area contributed by atoms with Gasteiger partial charge in [0.2, 0.25) is 0 Å². The van der Waals surface area contributed by atoms with E-state index in [-0.39, 0.29) is 12.6 Å². The van der Waals surface area contributed by atoms with E-state index < -0.39 is 12.5 Å². The van der Waals surface area contributed by atoms with Crippen LogP contribution < -0.4 is 5.32 Å². The topological polar surface area (TPSA) is 32.3 Å². The Morgan fingerprint density at radius 3 is 2.75 bits per heavy atom. The molecule has 1 fully saturated rings. The van der Waals surface area contributed by atoms with Crippen LogP contribution in [0.25, 0.3) is 0 Å². The van der Waals surface area contributed by atoms with Crippen molar-refractivity contribution >= 4 is 0 Å². The van der Waals surface area contributed by atoms with Crippen molar-refractivity contribution < 1.29 is 13.9 Å². The van der Waals surface area contributed by atoms with Gasteiger partial charge in [0, 0.05) is 12.6 Å². The summed E-state index contributed by atoms with van der Waals surface area (Å²) in [5, 5.41) is 11.5. The molecule has 0 spiro atoms. The molecule has 2 unspecified atom stereocenters. The fourth-order valence-corrected chi connectivity index (χ4v) is 1.64. The Hall–Kier alpha value is -0.220. The summed E-state index contributed by atoms with van der Waals surface area (Å²) in [6, 6.07) is -0.571. The molecule has 1 heterocycles. The predicted molar refractivity (Wildman–Crippen MR) is 42.3 cm³/mol. The van der Waals surface area contributed by atoms with Crippen LogP contribution in [0.1, 0.15) is 25.7 Å². The number of piperidine rings is 1. The minimum absolute atomic E-state index is 0.0770. The molecule has 0 aromatic carbocycles. The Balaban J connectivity index is 2.30. The molecule has 0 aliphatic carbocycles. The van der Waals surface area contributed by atoms with Gasteiger partial charge in [0.1, 0.15) is 0 Å². The first kappa shape index (κ1) is 9.86. The minimum atomic E-state index is -2.27. The number of aliphatic hydroxyl groups excluding tert-OH is 1. The van der Waals surface area contributed by atoms with E-state index in [4.69, 9.17) is 5.11 Å². The molecule has 2 nitrogen and oxygen atoms in total. The van der Waals surface area contributed by atoms with Gasteiger partial charge < -0.3 is 10.4 Å². The summed E-state index contributed by atoms with van der Waals surface area (Å²) in [5.41, 5.74) is 0. The molecule has 0 radical (unpaired) electrons. The van der Waals surface area contributed by atoms with Crippen molar-refractivity contribution in [3.8, 4) is 0 Å². The lowest BCUT2D eigenvalue weighted by Gasteiger charge is -2.30. The second kappa shape index (κ2) is 4.72. The van der Waals surface area contributed by atoms with E-state index in [1.165, 1.54) is 0 Å². The molecule has 2 N–H and O–H groups in total. The van der Waals surface area contributed by atoms with Crippen LogP contribution in [-0.2, 0) is 0 Å². The molecule has 1 rings (SSSR count). The van der Waals surface area contributed by atoms with Gasteiger partial charge in [0.15, 0.2) is 0 Å². The summed E-state index contributed by atoms with van der Waals surface area (Å²) < 4.78 is 24.4. The van der Waals surface area contributed by atoms with Crippen LogP contribution in [0.15, 0.2) is 0 Å². The Kier molecular flexibility index (Phi) is 3.88. The van der Waals surface area contributed by atoms with Crippen molar-refractivity contribution in [2.24, 2.45) is 0 Å². The van der Waals surface area contributed by atoms with Gasteiger partial charge in [0.25, 0.3) is 6.43 Å². The Morgan fingerprint density at radius 1 is 1.42 bits per heavy atom. The number of alkyl halides is 2. The monoisotopic (exact) mass is 179 g/mol. The minimum Gasteiger partial charge on any atom is -0.396 e. The lowest BCUT2D eigenvalue weighted by Crippen LogP contribution is -2.46. The van der Waals surface area contributed by atoms with Crippen LogP contribution in [-0.4, -0.2) is 30.2 Å². The van der Waals surface area contributed by atoms with Gasteiger partial charge in [-0.05, 0) is 19.3 Å². The number of rotatable bonds is 3. The second-order valence-electron chi connectivity index (χ2n) is 3.25. The summed E-state index contributed by atoms with van der Waals surface area (Å²) in [4.78, 5) is 0. The number of halogens is 2. The molecular formula is C8H15F2NO. The highest BCUT2D eigenvalue weighted by Crippen LogP contribution is 2.18. The molecule has 12 heavy (non-hydrogen) atoms. The van der Waals surface area contributed by atoms with Crippen molar-refractivity contribution in [2.75, 3.05) is 6.61 Å². The van der Waals surface area contributed by atoms with Crippen LogP contribution in [0.2, 0.25) is 0 Å². The fraction of sp³-hybridized carbons (Fsp3) is 1.00. The number of hydrogen-bond donors (Lipinski definition) is 2. The van der Waals surface area contributed by atoms with Crippen molar-refractivity contribution in [1.29, 1.82) is 0 Å². The highest BCUT2D eigenvalue weighted by molar-refractivity contribution is 4.81. The van der Waals surface area contributed by atoms with E-state index in [0.717, 1.165) is 12.8 Å². The number of hydrogen-bond acceptors (Lipinski definition) is 2. The van der Waals surface area contributed by atoms with E-state index in [1.54, 1.807) is 0 Å². The third-order valence-electron chi connectivity index (χ3n) is 2.30. The molecule has 0 saturated carbocycles. The Morgan fingerprint density at radius 2 is 2.17 bits per heavy atom. The fourth-order valence-electron chi connectivity index (χ4n) is 1.64. The van der Waals surface area contributed by atoms with Crippen LogP contribution >= 0.6 is 0 Å². The molecule has 1 aliphatic heterocycles. The maximum absolute atomic E-state index is 12.2. The zero-order chi connectivity index (χ0) is 8.97. The van der Waals surface area contributed by atoms with Crippen LogP contribution in [0.4, 0.5) is 8.78 Å². The molecule has 2 atom stereocenters. The molecule has 72 valence electrons. The van der Waals surface area contributed by atoms with E-state index in [9.17, 15) is 8.78 Å². The van der Waals surface area contributed by atoms with Crippen LogP contribution in [0, 0.1) is 0 Å². The highest BCUT2D eigenvalue weighted by atomic mass is 19.3. The Labute approximate surface area is 71.0 Å². The maximum Gasteiger partial charge on any atom is 0.253 e. The summed E-state index contributed by atoms with van der Waals surface area (Å²) in [6.45, 7) is 0.0770. The number of aliphatic hydroxyl groups is 1. The van der Waals surface area contributed by atoms with Crippen LogP contribution in [0.3, 0.4) is 0 Å². The average Bonchev–Trinajstić information content (AvgIpc) is 2.05. The summed E-state index contributed by atoms with van der Waals surface area (Å²) in [7, 11) is 0. The quantitative estimate of drug-likeness (QED) is 0.681. The van der Waals surface area contributed by atoms with Crippen molar-refractivity contribution in [2.45, 2.75) is 44.2 Å². The van der Waals surface area contributed by atoms with E-state index in [1.807, 2.05) is 0 Å². The predicted octanol–water partition coefficient (Wildman–Crippen LogP) is 1.14. The van der Waals surface area contributed by atoms with Crippen molar-refractivity contribution in [3.05, 3.63) is 0 Å². The summed E-state index contributed by atoms with van der Waals surface area (Å²) >= 11 is 0. The molecule has 1 aliphatic rings. The highest BCUT2D eigenvalue weighted by Gasteiger charge is 2.26. The molecule has 1 saturated heterocycles. The van der Waals surface area contributed by atoms with E-state index in [0.29, 0.717) is 12.8 Å². The lowest BCUT2D eigenvalue weighted by atomic mass is 9.97. The normalized spacial score (nSPS) is 31.0. The van der Waals surface area contributed by atoms with Crippen molar-refractivity contribution in [1.82, 2.24) is 5.32 Å². The third kappa shape index (κ3) is 2.68. The first-order chi connectivity index (χ1) is 5.74. The molecular weight excluding hydrogens is 164 g/mol. The molecule has 0 amide bonds. The summed E-state index contributed by atoms with van der Waals surface area (Å²) in [6.07, 6.45) is 0.616. The van der Waals surface area contributed by atoms with Gasteiger partial charge in [-0.25, -0.2) is 8.78 Å². The molecule has 4 heteroatoms. The third-order valence-corrected chi connectivity index (χ3v) is 2.30. The average molecular weight is 179 g/mol. The first-order valence-corrected chi connectivity index (χ1v) is 4.39. The van der Waals surface area contributed by atoms with Crippen molar-refractivity contribution in [3.63, 3.8) is 0 Å². The molecule has 0 aromatic heterocycles. The van der Waals surface area contributed by atoms with Gasteiger partial charge in [-0.1, -0.05) is 6.42 Å². The van der Waals surface area contributed by atoms with Gasteiger partial charge in [-0.2, -0.15) is 0 Å². The maximum atomic E-state index is 12.2. The second-order valence-corrected chi connectivity index (χ2v) is 3.25. The zero-order valence-electron chi connectivity index (χ0n) is 6.97. The van der Waals surface area contributed by atoms with E-state index >= 15 is 0 Å². The first-order valence-electron chi connectivity index (χ1n) is 4.39.